The number of benzene rings is 2. The minimum atomic E-state index is -0.393. The Kier molecular flexibility index (Phi) is 3.76. The van der Waals surface area contributed by atoms with E-state index in [-0.39, 0.29) is 30.0 Å². The van der Waals surface area contributed by atoms with Crippen LogP contribution in [-0.4, -0.2) is 22.6 Å². The number of carbonyl (C=O) groups is 1. The first-order valence-electron chi connectivity index (χ1n) is 7.75. The summed E-state index contributed by atoms with van der Waals surface area (Å²) in [7, 11) is 0. The third-order valence-electron chi connectivity index (χ3n) is 4.14. The Bertz CT molecular complexity index is 924. The summed E-state index contributed by atoms with van der Waals surface area (Å²) < 4.78 is 31.6. The van der Waals surface area contributed by atoms with Crippen molar-refractivity contribution in [3.05, 3.63) is 66.0 Å². The zero-order valence-corrected chi connectivity index (χ0v) is 13.0. The van der Waals surface area contributed by atoms with Crippen LogP contribution in [0.5, 0.6) is 0 Å². The Morgan fingerprint density at radius 1 is 1.08 bits per heavy atom. The van der Waals surface area contributed by atoms with Crippen LogP contribution in [0.25, 0.3) is 11.5 Å². The van der Waals surface area contributed by atoms with E-state index in [1.807, 2.05) is 0 Å². The molecule has 0 spiro atoms. The van der Waals surface area contributed by atoms with Crippen molar-refractivity contribution in [1.29, 1.82) is 0 Å². The molecule has 1 aromatic heterocycles. The monoisotopic (exact) mass is 341 g/mol. The molecule has 2 heterocycles. The van der Waals surface area contributed by atoms with Crippen molar-refractivity contribution in [3.63, 3.8) is 0 Å². The fourth-order valence-electron chi connectivity index (χ4n) is 2.89. The molecule has 4 rings (SSSR count). The molecular weight excluding hydrogens is 328 g/mol. The van der Waals surface area contributed by atoms with Crippen LogP contribution in [0, 0.1) is 11.6 Å². The Morgan fingerprint density at radius 3 is 2.64 bits per heavy atom. The van der Waals surface area contributed by atoms with Crippen molar-refractivity contribution in [2.45, 2.75) is 12.3 Å². The summed E-state index contributed by atoms with van der Waals surface area (Å²) >= 11 is 0. The van der Waals surface area contributed by atoms with Gasteiger partial charge in [-0.2, -0.15) is 4.98 Å². The fourth-order valence-corrected chi connectivity index (χ4v) is 2.89. The topological polar surface area (TPSA) is 59.2 Å². The van der Waals surface area contributed by atoms with Gasteiger partial charge in [-0.1, -0.05) is 11.2 Å². The molecular formula is C18H13F2N3O2. The van der Waals surface area contributed by atoms with Crippen LogP contribution in [0.15, 0.2) is 53.1 Å². The summed E-state index contributed by atoms with van der Waals surface area (Å²) in [5.74, 6) is -0.461. The lowest BCUT2D eigenvalue weighted by atomic mass is 10.1. The summed E-state index contributed by atoms with van der Waals surface area (Å²) in [6.45, 7) is 0.382. The van der Waals surface area contributed by atoms with Gasteiger partial charge in [0.1, 0.15) is 11.6 Å². The Morgan fingerprint density at radius 2 is 1.88 bits per heavy atom. The summed E-state index contributed by atoms with van der Waals surface area (Å²) in [6.07, 6.45) is 0.236. The third kappa shape index (κ3) is 3.00. The molecule has 1 amide bonds. The van der Waals surface area contributed by atoms with Gasteiger partial charge in [0.05, 0.1) is 0 Å². The Labute approximate surface area is 141 Å². The van der Waals surface area contributed by atoms with Crippen LogP contribution >= 0.6 is 0 Å². The van der Waals surface area contributed by atoms with Gasteiger partial charge in [0.2, 0.25) is 5.91 Å². The second kappa shape index (κ2) is 6.08. The lowest BCUT2D eigenvalue weighted by molar-refractivity contribution is -0.117. The summed E-state index contributed by atoms with van der Waals surface area (Å²) in [5, 5.41) is 3.93. The molecule has 3 aromatic rings. The van der Waals surface area contributed by atoms with Gasteiger partial charge in [-0.25, -0.2) is 8.78 Å². The van der Waals surface area contributed by atoms with Crippen molar-refractivity contribution in [2.75, 3.05) is 11.4 Å². The van der Waals surface area contributed by atoms with Crippen molar-refractivity contribution in [1.82, 2.24) is 10.1 Å². The van der Waals surface area contributed by atoms with E-state index in [1.54, 1.807) is 29.2 Å². The maximum Gasteiger partial charge on any atom is 0.258 e. The summed E-state index contributed by atoms with van der Waals surface area (Å²) in [6, 6.07) is 11.6. The van der Waals surface area contributed by atoms with Crippen LogP contribution in [0.4, 0.5) is 14.5 Å². The SMILES string of the molecule is O=C1CC(c2noc(-c3cccc(F)c3)n2)CN1c1ccc(F)cc1. The number of carbonyl (C=O) groups excluding carboxylic acids is 1. The zero-order chi connectivity index (χ0) is 17.4. The maximum absolute atomic E-state index is 13.3. The number of nitrogens with zero attached hydrogens (tertiary/aromatic N) is 3. The molecule has 5 nitrogen and oxygen atoms in total. The quantitative estimate of drug-likeness (QED) is 0.731. The lowest BCUT2D eigenvalue weighted by Crippen LogP contribution is -2.24. The predicted octanol–water partition coefficient (Wildman–Crippen LogP) is 3.54. The van der Waals surface area contributed by atoms with Crippen molar-refractivity contribution < 1.29 is 18.1 Å². The lowest BCUT2D eigenvalue weighted by Gasteiger charge is -2.15. The molecule has 2 aromatic carbocycles. The average molecular weight is 341 g/mol. The van der Waals surface area contributed by atoms with Crippen molar-refractivity contribution >= 4 is 11.6 Å². The van der Waals surface area contributed by atoms with Gasteiger partial charge in [-0.3, -0.25) is 4.79 Å². The van der Waals surface area contributed by atoms with Gasteiger partial charge in [-0.05, 0) is 42.5 Å². The molecule has 7 heteroatoms. The van der Waals surface area contributed by atoms with Gasteiger partial charge in [-0.15, -0.1) is 0 Å². The first kappa shape index (κ1) is 15.4. The van der Waals surface area contributed by atoms with Gasteiger partial charge < -0.3 is 9.42 Å². The predicted molar refractivity (Wildman–Crippen MR) is 85.8 cm³/mol. The third-order valence-corrected chi connectivity index (χ3v) is 4.14. The molecule has 1 aliphatic rings. The van der Waals surface area contributed by atoms with Crippen LogP contribution in [0.2, 0.25) is 0 Å². The van der Waals surface area contributed by atoms with E-state index >= 15 is 0 Å². The van der Waals surface area contributed by atoms with E-state index in [9.17, 15) is 13.6 Å². The standard InChI is InChI=1S/C18H13F2N3O2/c19-13-4-6-15(7-5-13)23-10-12(9-16(23)24)17-21-18(25-22-17)11-2-1-3-14(20)8-11/h1-8,12H,9-10H2. The molecule has 1 aliphatic heterocycles. The molecule has 126 valence electrons. The van der Waals surface area contributed by atoms with Crippen LogP contribution < -0.4 is 4.90 Å². The van der Waals surface area contributed by atoms with Gasteiger partial charge in [0.25, 0.3) is 5.89 Å². The number of amides is 1. The number of anilines is 1. The highest BCUT2D eigenvalue weighted by atomic mass is 19.1. The number of hydrogen-bond donors (Lipinski definition) is 0. The first-order valence-corrected chi connectivity index (χ1v) is 7.75. The molecule has 0 saturated carbocycles. The molecule has 1 unspecified atom stereocenters. The minimum absolute atomic E-state index is 0.0892. The Hall–Kier alpha value is -3.09. The number of rotatable bonds is 3. The smallest absolute Gasteiger partial charge is 0.258 e. The average Bonchev–Trinajstić information content (AvgIpc) is 3.23. The number of hydrogen-bond acceptors (Lipinski definition) is 4. The number of aromatic nitrogens is 2. The molecule has 1 saturated heterocycles. The second-order valence-corrected chi connectivity index (χ2v) is 5.85. The highest BCUT2D eigenvalue weighted by Crippen LogP contribution is 2.31. The maximum atomic E-state index is 13.3. The minimum Gasteiger partial charge on any atom is -0.334 e. The van der Waals surface area contributed by atoms with E-state index in [0.717, 1.165) is 0 Å². The van der Waals surface area contributed by atoms with E-state index in [0.29, 0.717) is 23.6 Å². The molecule has 0 bridgehead atoms. The Balaban J connectivity index is 1.55. The van der Waals surface area contributed by atoms with Gasteiger partial charge in [0, 0.05) is 30.1 Å². The van der Waals surface area contributed by atoms with Crippen molar-refractivity contribution in [2.24, 2.45) is 0 Å². The van der Waals surface area contributed by atoms with Gasteiger partial charge in [0.15, 0.2) is 5.82 Å². The van der Waals surface area contributed by atoms with Crippen LogP contribution in [0.3, 0.4) is 0 Å². The highest BCUT2D eigenvalue weighted by Gasteiger charge is 2.34. The molecule has 0 radical (unpaired) electrons. The molecule has 0 aliphatic carbocycles. The summed E-state index contributed by atoms with van der Waals surface area (Å²) in [4.78, 5) is 18.1. The molecule has 1 fully saturated rings. The largest absolute Gasteiger partial charge is 0.334 e. The second-order valence-electron chi connectivity index (χ2n) is 5.85. The summed E-state index contributed by atoms with van der Waals surface area (Å²) in [5.41, 5.74) is 1.11. The number of halogens is 2. The fraction of sp³-hybridized carbons (Fsp3) is 0.167. The molecule has 25 heavy (non-hydrogen) atoms. The first-order chi connectivity index (χ1) is 12.1. The molecule has 1 atom stereocenters. The highest BCUT2D eigenvalue weighted by molar-refractivity contribution is 5.96. The zero-order valence-electron chi connectivity index (χ0n) is 13.0. The van der Waals surface area contributed by atoms with E-state index in [1.165, 1.54) is 24.3 Å². The normalized spacial score (nSPS) is 17.3. The van der Waals surface area contributed by atoms with Gasteiger partial charge >= 0.3 is 0 Å². The van der Waals surface area contributed by atoms with E-state index in [2.05, 4.69) is 10.1 Å². The van der Waals surface area contributed by atoms with Crippen LogP contribution in [-0.2, 0) is 4.79 Å². The van der Waals surface area contributed by atoms with E-state index in [4.69, 9.17) is 4.52 Å². The van der Waals surface area contributed by atoms with E-state index < -0.39 is 5.82 Å². The van der Waals surface area contributed by atoms with Crippen LogP contribution in [0.1, 0.15) is 18.2 Å². The van der Waals surface area contributed by atoms with Crippen molar-refractivity contribution in [3.8, 4) is 11.5 Å². The molecule has 0 N–H and O–H groups in total.